The Balaban J connectivity index is 1.85. The lowest BCUT2D eigenvalue weighted by atomic mass is 9.85. The Kier molecular flexibility index (Phi) is 4.22. The van der Waals surface area contributed by atoms with Gasteiger partial charge in [-0.2, -0.15) is 0 Å². The number of nitrogens with zero attached hydrogens (tertiary/aromatic N) is 1. The van der Waals surface area contributed by atoms with E-state index in [0.717, 1.165) is 32.1 Å². The molecule has 1 aliphatic carbocycles. The van der Waals surface area contributed by atoms with E-state index in [4.69, 9.17) is 10.8 Å². The topological polar surface area (TPSA) is 83.6 Å². The van der Waals surface area contributed by atoms with E-state index in [1.807, 2.05) is 4.90 Å². The summed E-state index contributed by atoms with van der Waals surface area (Å²) in [5, 5.41) is 8.76. The second-order valence-corrected chi connectivity index (χ2v) is 5.66. The molecule has 1 amide bonds. The fourth-order valence-corrected chi connectivity index (χ4v) is 3.16. The molecule has 3 N–H and O–H groups in total. The maximum absolute atomic E-state index is 12.3. The molecule has 1 saturated heterocycles. The van der Waals surface area contributed by atoms with Crippen molar-refractivity contribution in [3.05, 3.63) is 0 Å². The minimum atomic E-state index is -0.769. The fraction of sp³-hybridized carbons (Fsp3) is 0.846. The lowest BCUT2D eigenvalue weighted by molar-refractivity contribution is -0.139. The van der Waals surface area contributed by atoms with Gasteiger partial charge in [0.15, 0.2) is 0 Å². The van der Waals surface area contributed by atoms with Crippen LogP contribution in [-0.2, 0) is 9.59 Å². The smallest absolute Gasteiger partial charge is 0.303 e. The molecule has 3 atom stereocenters. The molecule has 102 valence electrons. The highest BCUT2D eigenvalue weighted by molar-refractivity contribution is 5.79. The molecule has 1 aliphatic heterocycles. The standard InChI is InChI=1S/C13H22N2O3/c14-11-3-1-2-10(7-11)13(18)15-5-4-9(8-15)6-12(16)17/h9-11H,1-8,14H2,(H,16,17). The number of rotatable bonds is 3. The van der Waals surface area contributed by atoms with Crippen molar-refractivity contribution in [2.45, 2.75) is 44.6 Å². The van der Waals surface area contributed by atoms with Gasteiger partial charge in [0.05, 0.1) is 0 Å². The normalized spacial score (nSPS) is 32.5. The molecule has 2 fully saturated rings. The van der Waals surface area contributed by atoms with Crippen LogP contribution in [0.5, 0.6) is 0 Å². The van der Waals surface area contributed by atoms with Crippen LogP contribution in [0, 0.1) is 11.8 Å². The van der Waals surface area contributed by atoms with Crippen LogP contribution in [0.4, 0.5) is 0 Å². The summed E-state index contributed by atoms with van der Waals surface area (Å²) in [5.41, 5.74) is 5.91. The van der Waals surface area contributed by atoms with Gasteiger partial charge in [0.2, 0.25) is 5.91 Å². The van der Waals surface area contributed by atoms with Gasteiger partial charge >= 0.3 is 5.97 Å². The van der Waals surface area contributed by atoms with Crippen LogP contribution >= 0.6 is 0 Å². The molecule has 0 bridgehead atoms. The van der Waals surface area contributed by atoms with Crippen molar-refractivity contribution in [1.29, 1.82) is 0 Å². The van der Waals surface area contributed by atoms with Crippen LogP contribution in [0.1, 0.15) is 38.5 Å². The molecular weight excluding hydrogens is 232 g/mol. The van der Waals surface area contributed by atoms with Gasteiger partial charge in [-0.3, -0.25) is 9.59 Å². The first-order valence-electron chi connectivity index (χ1n) is 6.82. The number of hydrogen-bond donors (Lipinski definition) is 2. The van der Waals surface area contributed by atoms with E-state index in [0.29, 0.717) is 13.1 Å². The molecule has 5 nitrogen and oxygen atoms in total. The van der Waals surface area contributed by atoms with Gasteiger partial charge < -0.3 is 15.7 Å². The SMILES string of the molecule is NC1CCCC(C(=O)N2CCC(CC(=O)O)C2)C1. The molecule has 0 radical (unpaired) electrons. The predicted molar refractivity (Wildman–Crippen MR) is 66.9 cm³/mol. The maximum atomic E-state index is 12.3. The molecule has 0 aromatic rings. The van der Waals surface area contributed by atoms with Gasteiger partial charge in [-0.1, -0.05) is 6.42 Å². The Bertz CT molecular complexity index is 332. The molecule has 3 unspecified atom stereocenters. The van der Waals surface area contributed by atoms with E-state index in [-0.39, 0.29) is 30.2 Å². The van der Waals surface area contributed by atoms with Crippen LogP contribution in [-0.4, -0.2) is 41.0 Å². The van der Waals surface area contributed by atoms with Crippen molar-refractivity contribution in [3.63, 3.8) is 0 Å². The molecule has 1 saturated carbocycles. The minimum Gasteiger partial charge on any atom is -0.481 e. The monoisotopic (exact) mass is 254 g/mol. The van der Waals surface area contributed by atoms with Gasteiger partial charge in [0.1, 0.15) is 0 Å². The van der Waals surface area contributed by atoms with Crippen LogP contribution in [0.15, 0.2) is 0 Å². The highest BCUT2D eigenvalue weighted by Gasteiger charge is 2.33. The van der Waals surface area contributed by atoms with Gasteiger partial charge in [-0.25, -0.2) is 0 Å². The fourth-order valence-electron chi connectivity index (χ4n) is 3.16. The Morgan fingerprint density at radius 1 is 1.28 bits per heavy atom. The maximum Gasteiger partial charge on any atom is 0.303 e. The number of carbonyl (C=O) groups excluding carboxylic acids is 1. The van der Waals surface area contributed by atoms with E-state index in [1.54, 1.807) is 0 Å². The third kappa shape index (κ3) is 3.22. The summed E-state index contributed by atoms with van der Waals surface area (Å²) in [7, 11) is 0. The number of carboxylic acids is 1. The molecular formula is C13H22N2O3. The van der Waals surface area contributed by atoms with E-state index >= 15 is 0 Å². The van der Waals surface area contributed by atoms with Crippen molar-refractivity contribution in [2.75, 3.05) is 13.1 Å². The third-order valence-corrected chi connectivity index (χ3v) is 4.12. The average Bonchev–Trinajstić information content (AvgIpc) is 2.75. The third-order valence-electron chi connectivity index (χ3n) is 4.12. The van der Waals surface area contributed by atoms with Crippen molar-refractivity contribution in [3.8, 4) is 0 Å². The second-order valence-electron chi connectivity index (χ2n) is 5.66. The van der Waals surface area contributed by atoms with Crippen LogP contribution in [0.2, 0.25) is 0 Å². The van der Waals surface area contributed by atoms with Crippen LogP contribution < -0.4 is 5.73 Å². The molecule has 2 aliphatic rings. The largest absolute Gasteiger partial charge is 0.481 e. The summed E-state index contributed by atoms with van der Waals surface area (Å²) in [6.07, 6.45) is 4.77. The summed E-state index contributed by atoms with van der Waals surface area (Å²) in [5.74, 6) is -0.381. The van der Waals surface area contributed by atoms with E-state index in [9.17, 15) is 9.59 Å². The highest BCUT2D eigenvalue weighted by atomic mass is 16.4. The Morgan fingerprint density at radius 3 is 2.72 bits per heavy atom. The first kappa shape index (κ1) is 13.3. The Morgan fingerprint density at radius 2 is 2.06 bits per heavy atom. The van der Waals surface area contributed by atoms with Gasteiger partial charge in [0.25, 0.3) is 0 Å². The van der Waals surface area contributed by atoms with E-state index in [2.05, 4.69) is 0 Å². The first-order valence-corrected chi connectivity index (χ1v) is 6.82. The zero-order chi connectivity index (χ0) is 13.1. The zero-order valence-corrected chi connectivity index (χ0v) is 10.7. The minimum absolute atomic E-state index is 0.0670. The van der Waals surface area contributed by atoms with Gasteiger partial charge in [0, 0.05) is 31.5 Å². The number of carbonyl (C=O) groups is 2. The number of hydrogen-bond acceptors (Lipinski definition) is 3. The van der Waals surface area contributed by atoms with Crippen molar-refractivity contribution in [1.82, 2.24) is 4.90 Å². The molecule has 1 heterocycles. The molecule has 0 spiro atoms. The van der Waals surface area contributed by atoms with Crippen molar-refractivity contribution in [2.24, 2.45) is 17.6 Å². The number of carboxylic acid groups (broad SMARTS) is 1. The summed E-state index contributed by atoms with van der Waals surface area (Å²) in [6.45, 7) is 1.32. The summed E-state index contributed by atoms with van der Waals surface area (Å²) in [4.78, 5) is 24.8. The van der Waals surface area contributed by atoms with Crippen LogP contribution in [0.25, 0.3) is 0 Å². The van der Waals surface area contributed by atoms with E-state index in [1.165, 1.54) is 0 Å². The Hall–Kier alpha value is -1.10. The molecule has 0 aromatic carbocycles. The molecule has 18 heavy (non-hydrogen) atoms. The number of likely N-dealkylation sites (tertiary alicyclic amines) is 1. The number of nitrogens with two attached hydrogens (primary N) is 1. The summed E-state index contributed by atoms with van der Waals surface area (Å²) in [6, 6.07) is 0.158. The van der Waals surface area contributed by atoms with E-state index < -0.39 is 5.97 Å². The predicted octanol–water partition coefficient (Wildman–Crippen LogP) is 0.827. The van der Waals surface area contributed by atoms with Gasteiger partial charge in [-0.15, -0.1) is 0 Å². The number of aliphatic carboxylic acids is 1. The van der Waals surface area contributed by atoms with Gasteiger partial charge in [-0.05, 0) is 31.6 Å². The van der Waals surface area contributed by atoms with Crippen molar-refractivity contribution < 1.29 is 14.7 Å². The number of amides is 1. The zero-order valence-electron chi connectivity index (χ0n) is 10.7. The molecule has 5 heteroatoms. The average molecular weight is 254 g/mol. The van der Waals surface area contributed by atoms with Crippen LogP contribution in [0.3, 0.4) is 0 Å². The Labute approximate surface area is 107 Å². The molecule has 0 aromatic heterocycles. The molecule has 2 rings (SSSR count). The quantitative estimate of drug-likeness (QED) is 0.781. The lowest BCUT2D eigenvalue weighted by Gasteiger charge is -2.29. The second kappa shape index (κ2) is 5.69. The highest BCUT2D eigenvalue weighted by Crippen LogP contribution is 2.28. The van der Waals surface area contributed by atoms with Crippen molar-refractivity contribution >= 4 is 11.9 Å². The first-order chi connectivity index (χ1) is 8.56. The summed E-state index contributed by atoms with van der Waals surface area (Å²) >= 11 is 0. The summed E-state index contributed by atoms with van der Waals surface area (Å²) < 4.78 is 0. The lowest BCUT2D eigenvalue weighted by Crippen LogP contribution is -2.39.